The van der Waals surface area contributed by atoms with Crippen molar-refractivity contribution in [2.45, 2.75) is 58.0 Å². The molecule has 0 bridgehead atoms. The maximum absolute atomic E-state index is 11.8. The van der Waals surface area contributed by atoms with Gasteiger partial charge in [-0.3, -0.25) is 0 Å². The molecule has 5 heteroatoms. The summed E-state index contributed by atoms with van der Waals surface area (Å²) in [5, 5.41) is 0. The molecule has 0 amide bonds. The Labute approximate surface area is 144 Å². The largest absolute Gasteiger partial charge is 0.458 e. The topological polar surface area (TPSA) is 54.0 Å². The van der Waals surface area contributed by atoms with E-state index in [0.29, 0.717) is 19.8 Å². The normalized spacial score (nSPS) is 21.5. The summed E-state index contributed by atoms with van der Waals surface area (Å²) < 4.78 is 22.5. The van der Waals surface area contributed by atoms with Gasteiger partial charge in [0.05, 0.1) is 19.3 Å². The van der Waals surface area contributed by atoms with Crippen LogP contribution in [0.25, 0.3) is 0 Å². The van der Waals surface area contributed by atoms with Gasteiger partial charge in [0.2, 0.25) is 0 Å². The molecular weight excluding hydrogens is 308 g/mol. The smallest absolute Gasteiger partial charge is 0.332 e. The summed E-state index contributed by atoms with van der Waals surface area (Å²) in [5.41, 5.74) is 0.626. The van der Waals surface area contributed by atoms with Gasteiger partial charge in [-0.15, -0.1) is 0 Å². The van der Waals surface area contributed by atoms with Gasteiger partial charge in [-0.2, -0.15) is 0 Å². The average molecular weight is 336 g/mol. The van der Waals surface area contributed by atoms with Gasteiger partial charge in [0, 0.05) is 6.61 Å². The second-order valence-corrected chi connectivity index (χ2v) is 6.99. The number of carbonyl (C=O) groups excluding carboxylic acids is 1. The first-order chi connectivity index (χ1) is 11.4. The molecule has 0 aliphatic carbocycles. The molecule has 1 aliphatic heterocycles. The Morgan fingerprint density at radius 1 is 1.25 bits per heavy atom. The van der Waals surface area contributed by atoms with E-state index in [-0.39, 0.29) is 24.8 Å². The molecule has 2 atom stereocenters. The minimum absolute atomic E-state index is 0.0551. The van der Waals surface area contributed by atoms with Gasteiger partial charge in [0.25, 0.3) is 0 Å². The lowest BCUT2D eigenvalue weighted by Crippen LogP contribution is -2.41. The van der Waals surface area contributed by atoms with Crippen LogP contribution in [0.2, 0.25) is 0 Å². The molecule has 0 radical (unpaired) electrons. The molecule has 2 rings (SSSR count). The van der Waals surface area contributed by atoms with Gasteiger partial charge < -0.3 is 18.9 Å². The van der Waals surface area contributed by atoms with Crippen molar-refractivity contribution in [3.8, 4) is 0 Å². The fourth-order valence-corrected chi connectivity index (χ4v) is 2.57. The molecule has 134 valence electrons. The van der Waals surface area contributed by atoms with Crippen LogP contribution >= 0.6 is 0 Å². The van der Waals surface area contributed by atoms with E-state index in [9.17, 15) is 4.79 Å². The van der Waals surface area contributed by atoms with Crippen LogP contribution < -0.4 is 0 Å². The summed E-state index contributed by atoms with van der Waals surface area (Å²) in [7, 11) is 0. The van der Waals surface area contributed by atoms with E-state index in [2.05, 4.69) is 0 Å². The maximum atomic E-state index is 11.8. The van der Waals surface area contributed by atoms with E-state index in [4.69, 9.17) is 18.9 Å². The van der Waals surface area contributed by atoms with Crippen molar-refractivity contribution in [1.29, 1.82) is 0 Å². The predicted octanol–water partition coefficient (Wildman–Crippen LogP) is 3.11. The van der Waals surface area contributed by atoms with Gasteiger partial charge in [-0.05, 0) is 39.2 Å². The van der Waals surface area contributed by atoms with Crippen LogP contribution in [0.4, 0.5) is 0 Å². The van der Waals surface area contributed by atoms with Crippen molar-refractivity contribution < 1.29 is 23.7 Å². The number of hydrogen-bond donors (Lipinski definition) is 0. The molecule has 5 nitrogen and oxygen atoms in total. The molecule has 1 aliphatic rings. The maximum Gasteiger partial charge on any atom is 0.332 e. The van der Waals surface area contributed by atoms with Gasteiger partial charge in [0.15, 0.2) is 0 Å². The van der Waals surface area contributed by atoms with Gasteiger partial charge >= 0.3 is 5.97 Å². The number of ether oxygens (including phenoxy) is 4. The van der Waals surface area contributed by atoms with Crippen molar-refractivity contribution in [2.75, 3.05) is 19.8 Å². The molecule has 1 fully saturated rings. The highest BCUT2D eigenvalue weighted by Crippen LogP contribution is 2.19. The second-order valence-electron chi connectivity index (χ2n) is 6.99. The van der Waals surface area contributed by atoms with Crippen LogP contribution in [0.15, 0.2) is 30.3 Å². The first kappa shape index (κ1) is 18.9. The number of esters is 1. The second kappa shape index (κ2) is 9.16. The van der Waals surface area contributed by atoms with Gasteiger partial charge in [0.1, 0.15) is 18.3 Å². The molecule has 24 heavy (non-hydrogen) atoms. The van der Waals surface area contributed by atoms with E-state index < -0.39 is 5.60 Å². The zero-order chi connectivity index (χ0) is 17.4. The Kier molecular flexibility index (Phi) is 7.21. The monoisotopic (exact) mass is 336 g/mol. The fourth-order valence-electron chi connectivity index (χ4n) is 2.57. The van der Waals surface area contributed by atoms with Crippen LogP contribution in [0.5, 0.6) is 0 Å². The molecule has 1 aromatic rings. The lowest BCUT2D eigenvalue weighted by Gasteiger charge is -2.31. The van der Waals surface area contributed by atoms with Crippen molar-refractivity contribution >= 4 is 5.97 Å². The first-order valence-electron chi connectivity index (χ1n) is 8.51. The lowest BCUT2D eigenvalue weighted by molar-refractivity contribution is -0.172. The van der Waals surface area contributed by atoms with Crippen LogP contribution in [0.1, 0.15) is 39.2 Å². The SMILES string of the molecule is CC(C)(C)OC(=O)CO[C@H]1CCCO[C@@H]1COCc1ccccc1. The molecular formula is C19H28O5. The summed E-state index contributed by atoms with van der Waals surface area (Å²) in [5.74, 6) is -0.350. The highest BCUT2D eigenvalue weighted by Gasteiger charge is 2.28. The van der Waals surface area contributed by atoms with Crippen molar-refractivity contribution in [3.05, 3.63) is 35.9 Å². The van der Waals surface area contributed by atoms with Crippen LogP contribution in [0.3, 0.4) is 0 Å². The quantitative estimate of drug-likeness (QED) is 0.716. The van der Waals surface area contributed by atoms with E-state index in [1.165, 1.54) is 0 Å². The Morgan fingerprint density at radius 2 is 2.00 bits per heavy atom. The van der Waals surface area contributed by atoms with Crippen molar-refractivity contribution in [1.82, 2.24) is 0 Å². The van der Waals surface area contributed by atoms with E-state index >= 15 is 0 Å². The minimum Gasteiger partial charge on any atom is -0.458 e. The summed E-state index contributed by atoms with van der Waals surface area (Å²) in [6, 6.07) is 10.0. The molecule has 0 unspecified atom stereocenters. The number of benzene rings is 1. The van der Waals surface area contributed by atoms with Crippen LogP contribution in [0, 0.1) is 0 Å². The molecule has 0 saturated carbocycles. The standard InChI is InChI=1S/C19H28O5/c1-19(2,3)24-18(20)14-23-16-10-7-11-22-17(16)13-21-12-15-8-5-4-6-9-15/h4-6,8-9,16-17H,7,10-14H2,1-3H3/t16-,17+/m0/s1. The molecule has 0 spiro atoms. The Bertz CT molecular complexity index is 494. The summed E-state index contributed by atoms with van der Waals surface area (Å²) in [6.07, 6.45) is 1.50. The highest BCUT2D eigenvalue weighted by molar-refractivity contribution is 5.71. The van der Waals surface area contributed by atoms with Crippen LogP contribution in [-0.2, 0) is 30.3 Å². The van der Waals surface area contributed by atoms with Gasteiger partial charge in [-0.25, -0.2) is 4.79 Å². The fraction of sp³-hybridized carbons (Fsp3) is 0.632. The third kappa shape index (κ3) is 6.99. The van der Waals surface area contributed by atoms with E-state index in [1.807, 2.05) is 51.1 Å². The van der Waals surface area contributed by atoms with E-state index in [1.54, 1.807) is 0 Å². The van der Waals surface area contributed by atoms with Crippen molar-refractivity contribution in [3.63, 3.8) is 0 Å². The Balaban J connectivity index is 1.74. The average Bonchev–Trinajstić information content (AvgIpc) is 2.53. The zero-order valence-corrected chi connectivity index (χ0v) is 14.8. The zero-order valence-electron chi connectivity index (χ0n) is 14.8. The third-order valence-electron chi connectivity index (χ3n) is 3.61. The van der Waals surface area contributed by atoms with Gasteiger partial charge in [-0.1, -0.05) is 30.3 Å². The number of rotatable bonds is 7. The Morgan fingerprint density at radius 3 is 2.71 bits per heavy atom. The predicted molar refractivity (Wildman–Crippen MR) is 90.7 cm³/mol. The molecule has 0 N–H and O–H groups in total. The van der Waals surface area contributed by atoms with E-state index in [0.717, 1.165) is 18.4 Å². The van der Waals surface area contributed by atoms with Crippen LogP contribution in [-0.4, -0.2) is 43.6 Å². The Hall–Kier alpha value is -1.43. The van der Waals surface area contributed by atoms with Crippen molar-refractivity contribution in [2.24, 2.45) is 0 Å². The number of carbonyl (C=O) groups is 1. The minimum atomic E-state index is -0.498. The highest BCUT2D eigenvalue weighted by atomic mass is 16.6. The molecule has 1 heterocycles. The molecule has 1 aromatic carbocycles. The first-order valence-corrected chi connectivity index (χ1v) is 8.51. The lowest BCUT2D eigenvalue weighted by atomic mass is 10.1. The number of hydrogen-bond acceptors (Lipinski definition) is 5. The molecule has 1 saturated heterocycles. The summed E-state index contributed by atoms with van der Waals surface area (Å²) >= 11 is 0. The summed E-state index contributed by atoms with van der Waals surface area (Å²) in [4.78, 5) is 11.8. The molecule has 0 aromatic heterocycles. The third-order valence-corrected chi connectivity index (χ3v) is 3.61. The summed E-state index contributed by atoms with van der Waals surface area (Å²) in [6.45, 7) is 7.16.